The third-order valence-electron chi connectivity index (χ3n) is 3.73. The zero-order valence-electron chi connectivity index (χ0n) is 20.8. The van der Waals surface area contributed by atoms with Gasteiger partial charge in [0.25, 0.3) is 0 Å². The van der Waals surface area contributed by atoms with Gasteiger partial charge in [-0.05, 0) is 55.8 Å². The molecule has 0 saturated heterocycles. The number of hydrogen-bond acceptors (Lipinski definition) is 2. The molecule has 0 aliphatic rings. The summed E-state index contributed by atoms with van der Waals surface area (Å²) in [4.78, 5) is 24.9. The lowest BCUT2D eigenvalue weighted by atomic mass is 9.91. The molecule has 0 bridgehead atoms. The normalized spacial score (nSPS) is 18.4. The summed E-state index contributed by atoms with van der Waals surface area (Å²) in [5, 5.41) is -1.98. The van der Waals surface area contributed by atoms with Gasteiger partial charge in [0.05, 0.1) is 13.7 Å². The lowest BCUT2D eigenvalue weighted by molar-refractivity contribution is 1.55. The van der Waals surface area contributed by atoms with Crippen molar-refractivity contribution in [1.82, 2.24) is 0 Å². The van der Waals surface area contributed by atoms with Gasteiger partial charge in [-0.3, -0.25) is 9.59 Å². The Morgan fingerprint density at radius 1 is 0.636 bits per heavy atom. The summed E-state index contributed by atoms with van der Waals surface area (Å²) in [5.74, 6) is 0. The molecular weight excluding hydrogens is 272 g/mol. The summed E-state index contributed by atoms with van der Waals surface area (Å²) >= 11 is 0. The quantitative estimate of drug-likeness (QED) is 0.246. The van der Waals surface area contributed by atoms with E-state index >= 15 is 0 Å². The minimum absolute atomic E-state index is 0.0528. The highest BCUT2D eigenvalue weighted by Crippen LogP contribution is 2.37. The molecule has 22 heavy (non-hydrogen) atoms. The first kappa shape index (κ1) is 5.65. The maximum absolute atomic E-state index is 12.7. The largest absolute Gasteiger partial charge is 0.286 e. The highest BCUT2D eigenvalue weighted by molar-refractivity contribution is 6.28. The Balaban J connectivity index is 2.41. The molecule has 0 N–H and O–H groups in total. The highest BCUT2D eigenvalue weighted by Gasteiger charge is 2.12. The predicted octanol–water partition coefficient (Wildman–Crippen LogP) is 3.90. The van der Waals surface area contributed by atoms with Gasteiger partial charge in [-0.2, -0.15) is 0 Å². The molecule has 0 aromatic heterocycles. The first-order valence-corrected chi connectivity index (χ1v) is 6.41. The number of benzene rings is 5. The van der Waals surface area contributed by atoms with Gasteiger partial charge in [-0.25, -0.2) is 0 Å². The molecule has 5 aromatic rings. The van der Waals surface area contributed by atoms with Crippen LogP contribution in [-0.2, 0) is 0 Å². The molecule has 0 saturated carbocycles. The molecule has 0 atom stereocenters. The third-order valence-corrected chi connectivity index (χ3v) is 3.73. The van der Waals surface area contributed by atoms with E-state index in [1.807, 2.05) is 0 Å². The van der Waals surface area contributed by atoms with Gasteiger partial charge < -0.3 is 0 Å². The fourth-order valence-corrected chi connectivity index (χ4v) is 2.77. The minimum atomic E-state index is -1.31. The summed E-state index contributed by atoms with van der Waals surface area (Å²) in [7, 11) is 0. The van der Waals surface area contributed by atoms with Crippen LogP contribution in [0.1, 0.15) is 13.7 Å². The van der Waals surface area contributed by atoms with Crippen molar-refractivity contribution in [2.24, 2.45) is 0 Å². The van der Waals surface area contributed by atoms with Crippen LogP contribution >= 0.6 is 0 Å². The first-order valence-electron chi connectivity index (χ1n) is 11.4. The average Bonchev–Trinajstić information content (AvgIpc) is 2.75. The molecule has 2 nitrogen and oxygen atoms in total. The molecule has 0 spiro atoms. The van der Waals surface area contributed by atoms with Crippen LogP contribution in [0.4, 0.5) is 0 Å². The van der Waals surface area contributed by atoms with E-state index in [-0.39, 0.29) is 37.7 Å². The summed E-state index contributed by atoms with van der Waals surface area (Å²) < 4.78 is 83.1. The van der Waals surface area contributed by atoms with Crippen molar-refractivity contribution in [2.75, 3.05) is 0 Å². The smallest absolute Gasteiger partial charge is 0.233 e. The Kier molecular flexibility index (Phi) is 0.976. The summed E-state index contributed by atoms with van der Waals surface area (Å²) in [6.45, 7) is 0. The van der Waals surface area contributed by atoms with Crippen LogP contribution in [0.3, 0.4) is 0 Å². The molecule has 0 amide bonds. The number of hydrogen-bond donors (Lipinski definition) is 0. The van der Waals surface area contributed by atoms with Crippen molar-refractivity contribution in [3.8, 4) is 0 Å². The van der Waals surface area contributed by atoms with Crippen LogP contribution in [0.25, 0.3) is 43.1 Å². The first-order chi connectivity index (χ1) is 14.9. The van der Waals surface area contributed by atoms with Gasteiger partial charge in [0.2, 0.25) is 10.9 Å². The van der Waals surface area contributed by atoms with Gasteiger partial charge in [0.1, 0.15) is 0 Å². The molecule has 0 aliphatic heterocycles. The monoisotopic (exact) mass is 292 g/mol. The molecule has 5 aromatic carbocycles. The molecular formula is C20H10O2. The molecule has 102 valence electrons. The Morgan fingerprint density at radius 2 is 1.32 bits per heavy atom. The van der Waals surface area contributed by atoms with Crippen molar-refractivity contribution in [2.45, 2.75) is 0 Å². The van der Waals surface area contributed by atoms with Crippen LogP contribution in [-0.4, -0.2) is 0 Å². The van der Waals surface area contributed by atoms with E-state index in [9.17, 15) is 9.59 Å². The maximum Gasteiger partial charge on any atom is 0.233 e. The highest BCUT2D eigenvalue weighted by atomic mass is 16.2. The molecule has 0 unspecified atom stereocenters. The maximum atomic E-state index is 12.7. The van der Waals surface area contributed by atoms with E-state index in [2.05, 4.69) is 0 Å². The van der Waals surface area contributed by atoms with E-state index in [1.54, 1.807) is 0 Å². The molecule has 5 rings (SSSR count). The zero-order chi connectivity index (χ0) is 23.5. The van der Waals surface area contributed by atoms with Crippen LogP contribution < -0.4 is 10.9 Å². The Bertz CT molecular complexity index is 1790. The van der Waals surface area contributed by atoms with Crippen molar-refractivity contribution in [3.05, 3.63) is 80.9 Å². The minimum Gasteiger partial charge on any atom is -0.286 e. The van der Waals surface area contributed by atoms with Gasteiger partial charge in [0.15, 0.2) is 0 Å². The van der Waals surface area contributed by atoms with E-state index in [0.717, 1.165) is 0 Å². The summed E-state index contributed by atoms with van der Waals surface area (Å²) in [6, 6.07) is -6.15. The lowest BCUT2D eigenvalue weighted by Crippen LogP contribution is -2.22. The molecule has 0 fully saturated rings. The second-order valence-electron chi connectivity index (χ2n) is 4.91. The SMILES string of the molecule is [2H]c1c([2H])c2c([2H])c([2H])c3c([2H])c4c(=O)c(=O)c([2H])c([2H])c4c4c([2H])c([2H])c(c1[2H])c2c34. The molecule has 0 aliphatic carbocycles. The lowest BCUT2D eigenvalue weighted by Gasteiger charge is -2.12. The summed E-state index contributed by atoms with van der Waals surface area (Å²) in [6.07, 6.45) is 0. The van der Waals surface area contributed by atoms with Crippen LogP contribution in [0, 0.1) is 0 Å². The van der Waals surface area contributed by atoms with E-state index < -0.39 is 76.7 Å². The molecule has 2 heteroatoms. The van der Waals surface area contributed by atoms with E-state index in [0.29, 0.717) is 0 Å². The second-order valence-corrected chi connectivity index (χ2v) is 4.91. The van der Waals surface area contributed by atoms with Crippen LogP contribution in [0.5, 0.6) is 0 Å². The zero-order valence-corrected chi connectivity index (χ0v) is 10.8. The van der Waals surface area contributed by atoms with Gasteiger partial charge in [-0.1, -0.05) is 42.3 Å². The van der Waals surface area contributed by atoms with Gasteiger partial charge >= 0.3 is 0 Å². The molecule has 0 heterocycles. The van der Waals surface area contributed by atoms with Crippen molar-refractivity contribution < 1.29 is 13.7 Å². The predicted molar refractivity (Wildman–Crippen MR) is 91.4 cm³/mol. The fourth-order valence-electron chi connectivity index (χ4n) is 2.77. The van der Waals surface area contributed by atoms with Crippen molar-refractivity contribution in [3.63, 3.8) is 0 Å². The topological polar surface area (TPSA) is 34.1 Å². The van der Waals surface area contributed by atoms with Crippen molar-refractivity contribution >= 4 is 43.1 Å². The standard InChI is InChI=1S/C20H10O2/c21-17-9-8-14-15-7-6-12-3-1-2-11-4-5-13(19(15)18(11)12)10-16(14)20(17)22/h1-10H/i1D,2D,3D,4D,5D,6D,7D,8D,9D,10D. The average molecular weight is 292 g/mol. The number of rotatable bonds is 0. The molecule has 0 radical (unpaired) electrons. The van der Waals surface area contributed by atoms with Crippen molar-refractivity contribution in [1.29, 1.82) is 0 Å². The Morgan fingerprint density at radius 3 is 2.14 bits per heavy atom. The van der Waals surface area contributed by atoms with Crippen LogP contribution in [0.15, 0.2) is 70.0 Å². The Labute approximate surface area is 139 Å². The van der Waals surface area contributed by atoms with Gasteiger partial charge in [0, 0.05) is 5.39 Å². The van der Waals surface area contributed by atoms with E-state index in [1.165, 1.54) is 0 Å². The second kappa shape index (κ2) is 3.80. The number of fused-ring (bicyclic) bond motifs is 2. The van der Waals surface area contributed by atoms with Crippen LogP contribution in [0.2, 0.25) is 0 Å². The Hall–Kier alpha value is -3.00. The summed E-state index contributed by atoms with van der Waals surface area (Å²) in [5.41, 5.74) is -2.55. The fraction of sp³-hybridized carbons (Fsp3) is 0. The van der Waals surface area contributed by atoms with Gasteiger partial charge in [-0.15, -0.1) is 0 Å². The van der Waals surface area contributed by atoms with E-state index in [4.69, 9.17) is 13.7 Å². The third kappa shape index (κ3) is 1.29.